The Kier molecular flexibility index (Phi) is 15.9. The molecule has 360 valence electrons. The van der Waals surface area contributed by atoms with Gasteiger partial charge in [-0.2, -0.15) is 0 Å². The molecule has 0 aromatic heterocycles. The molecule has 6 unspecified atom stereocenters. The average molecular weight is 936 g/mol. The minimum absolute atomic E-state index is 0.0116. The van der Waals surface area contributed by atoms with E-state index in [0.717, 1.165) is 53.5 Å². The summed E-state index contributed by atoms with van der Waals surface area (Å²) in [7, 11) is 3.38. The van der Waals surface area contributed by atoms with Crippen molar-refractivity contribution in [2.75, 3.05) is 34.0 Å². The van der Waals surface area contributed by atoms with Crippen molar-refractivity contribution < 1.29 is 43.7 Å². The number of hydrogen-bond donors (Lipinski definition) is 2. The van der Waals surface area contributed by atoms with E-state index in [9.17, 15) is 25.1 Å². The number of non-ortho nitro benzene ring substituents is 1. The third-order valence-electron chi connectivity index (χ3n) is 13.7. The number of nitro benzene ring substituents is 1. The summed E-state index contributed by atoms with van der Waals surface area (Å²) in [4.78, 5) is 33.5. The van der Waals surface area contributed by atoms with Gasteiger partial charge in [-0.05, 0) is 120 Å². The van der Waals surface area contributed by atoms with Crippen molar-refractivity contribution in [1.82, 2.24) is 4.90 Å². The van der Waals surface area contributed by atoms with E-state index in [4.69, 9.17) is 28.9 Å². The normalized spacial score (nSPS) is 21.8. The summed E-state index contributed by atoms with van der Waals surface area (Å²) in [6.07, 6.45) is 8.67. The van der Waals surface area contributed by atoms with Gasteiger partial charge < -0.3 is 38.9 Å². The fourth-order valence-electron chi connectivity index (χ4n) is 10.4. The van der Waals surface area contributed by atoms with Crippen molar-refractivity contribution in [2.45, 2.75) is 75.7 Å². The highest BCUT2D eigenvalue weighted by Crippen LogP contribution is 2.62. The zero-order valence-corrected chi connectivity index (χ0v) is 39.3. The number of rotatable bonds is 22. The molecule has 1 saturated carbocycles. The third kappa shape index (κ3) is 10.9. The minimum atomic E-state index is -1.44. The SMILES string of the molecule is C=CCOC12Oc3ccc(Oc4ccc(-c5ccccc5)cc4)cc3C3C(CCCCO)C(CCCCO)C=C(C(=NOCc4ccc([N+](=O)[O-])cc4)CC1N(C)C(=O)Cc1cccc(OC)c1)C32. The molecular weight excluding hydrogens is 875 g/mol. The maximum Gasteiger partial charge on any atom is 0.269 e. The number of aliphatic hydroxyl groups is 2. The first-order valence-corrected chi connectivity index (χ1v) is 23.8. The largest absolute Gasteiger partial charge is 0.497 e. The molecule has 3 aliphatic rings. The Morgan fingerprint density at radius 2 is 1.59 bits per heavy atom. The number of oxime groups is 1. The smallest absolute Gasteiger partial charge is 0.269 e. The molecule has 1 fully saturated rings. The molecule has 0 saturated heterocycles. The van der Waals surface area contributed by atoms with Crippen molar-refractivity contribution in [3.8, 4) is 34.1 Å². The number of amides is 1. The van der Waals surface area contributed by atoms with Crippen LogP contribution < -0.4 is 14.2 Å². The number of fused-ring (bicyclic) bond motifs is 2. The number of aliphatic hydroxyl groups excluding tert-OH is 2. The molecule has 5 aromatic rings. The quantitative estimate of drug-likeness (QED) is 0.0296. The molecule has 1 amide bonds. The lowest BCUT2D eigenvalue weighted by atomic mass is 9.55. The summed E-state index contributed by atoms with van der Waals surface area (Å²) < 4.78 is 26.5. The standard InChI is InChI=1S/C56H61N3O10/c1-4-31-66-56-52(58(2)53(62)33-39-13-12-17-45(32-39)65-3)36-50(57-67-37-38-19-23-43(24-20-38)59(63)64)48-34-42(16-8-10-29-60)47(18-9-11-30-61)54(55(48)56)49-35-46(27-28-51(49)69-56)68-44-25-21-41(22-26-44)40-14-6-5-7-15-40/h4-7,12-15,17,19-28,32,34-35,42,47,52,54-55,60-61H,1,8-11,16,18,29-31,33,36-37H2,2-3H3. The first-order valence-electron chi connectivity index (χ1n) is 23.8. The summed E-state index contributed by atoms with van der Waals surface area (Å²) >= 11 is 0. The van der Waals surface area contributed by atoms with Crippen LogP contribution in [0.3, 0.4) is 0 Å². The van der Waals surface area contributed by atoms with Gasteiger partial charge in [0.05, 0.1) is 36.7 Å². The molecule has 0 bridgehead atoms. The third-order valence-corrected chi connectivity index (χ3v) is 13.7. The number of ether oxygens (including phenoxy) is 4. The van der Waals surface area contributed by atoms with Crippen LogP contribution in [0, 0.1) is 27.9 Å². The fourth-order valence-corrected chi connectivity index (χ4v) is 10.4. The van der Waals surface area contributed by atoms with Crippen LogP contribution in [0.2, 0.25) is 0 Å². The second-order valence-electron chi connectivity index (χ2n) is 18.0. The molecule has 0 spiro atoms. The van der Waals surface area contributed by atoms with Crippen LogP contribution in [0.15, 0.2) is 151 Å². The summed E-state index contributed by atoms with van der Waals surface area (Å²) in [6, 6.07) is 37.0. The molecular formula is C56H61N3O10. The summed E-state index contributed by atoms with van der Waals surface area (Å²) in [5.74, 6) is 0.211. The van der Waals surface area contributed by atoms with Crippen molar-refractivity contribution in [3.63, 3.8) is 0 Å². The van der Waals surface area contributed by atoms with Crippen molar-refractivity contribution in [3.05, 3.63) is 172 Å². The number of carbonyl (C=O) groups excluding carboxylic acids is 1. The van der Waals surface area contributed by atoms with E-state index < -0.39 is 22.7 Å². The predicted octanol–water partition coefficient (Wildman–Crippen LogP) is 10.6. The molecule has 0 radical (unpaired) electrons. The predicted molar refractivity (Wildman–Crippen MR) is 264 cm³/mol. The van der Waals surface area contributed by atoms with E-state index in [0.29, 0.717) is 47.1 Å². The van der Waals surface area contributed by atoms with Crippen LogP contribution in [0.5, 0.6) is 23.0 Å². The highest BCUT2D eigenvalue weighted by atomic mass is 16.7. The van der Waals surface area contributed by atoms with E-state index in [1.54, 1.807) is 37.3 Å². The maximum atomic E-state index is 14.7. The van der Waals surface area contributed by atoms with Crippen LogP contribution in [-0.4, -0.2) is 77.5 Å². The average Bonchev–Trinajstić information content (AvgIpc) is 3.37. The van der Waals surface area contributed by atoms with E-state index in [2.05, 4.69) is 30.9 Å². The summed E-state index contributed by atoms with van der Waals surface area (Å²) in [6.45, 7) is 4.35. The van der Waals surface area contributed by atoms with Crippen LogP contribution in [0.4, 0.5) is 5.69 Å². The molecule has 5 aromatic carbocycles. The number of unbranched alkanes of at least 4 members (excludes halogenated alkanes) is 2. The highest BCUT2D eigenvalue weighted by molar-refractivity contribution is 6.03. The van der Waals surface area contributed by atoms with Gasteiger partial charge in [0.1, 0.15) is 35.6 Å². The minimum Gasteiger partial charge on any atom is -0.497 e. The van der Waals surface area contributed by atoms with Gasteiger partial charge in [-0.1, -0.05) is 84.7 Å². The topological polar surface area (TPSA) is 162 Å². The zero-order chi connectivity index (χ0) is 48.3. The highest BCUT2D eigenvalue weighted by Gasteiger charge is 2.65. The number of carbonyl (C=O) groups is 1. The van der Waals surface area contributed by atoms with Gasteiger partial charge in [0.2, 0.25) is 11.7 Å². The van der Waals surface area contributed by atoms with Crippen LogP contribution >= 0.6 is 0 Å². The Balaban J connectivity index is 1.26. The van der Waals surface area contributed by atoms with Crippen LogP contribution in [0.25, 0.3) is 11.1 Å². The number of hydrogen-bond acceptors (Lipinski definition) is 11. The molecule has 69 heavy (non-hydrogen) atoms. The lowest BCUT2D eigenvalue weighted by Crippen LogP contribution is -2.69. The molecule has 6 atom stereocenters. The summed E-state index contributed by atoms with van der Waals surface area (Å²) in [5, 5.41) is 36.3. The van der Waals surface area contributed by atoms with Crippen LogP contribution in [-0.2, 0) is 27.4 Å². The monoisotopic (exact) mass is 935 g/mol. The van der Waals surface area contributed by atoms with Gasteiger partial charge in [-0.15, -0.1) is 6.58 Å². The maximum absolute atomic E-state index is 14.7. The first-order chi connectivity index (χ1) is 33.7. The van der Waals surface area contributed by atoms with Gasteiger partial charge >= 0.3 is 0 Å². The molecule has 8 rings (SSSR count). The van der Waals surface area contributed by atoms with Crippen molar-refractivity contribution in [2.24, 2.45) is 22.9 Å². The number of nitrogens with zero attached hydrogens (tertiary/aromatic N) is 3. The lowest BCUT2D eigenvalue weighted by Gasteiger charge is -2.59. The Morgan fingerprint density at radius 3 is 2.30 bits per heavy atom. The number of allylic oxidation sites excluding steroid dienone is 1. The van der Waals surface area contributed by atoms with Gasteiger partial charge in [0.25, 0.3) is 5.69 Å². The molecule has 13 heteroatoms. The van der Waals surface area contributed by atoms with Crippen molar-refractivity contribution >= 4 is 17.3 Å². The number of nitro groups is 1. The zero-order valence-electron chi connectivity index (χ0n) is 39.3. The van der Waals surface area contributed by atoms with E-state index in [1.807, 2.05) is 78.9 Å². The summed E-state index contributed by atoms with van der Waals surface area (Å²) in [5.41, 5.74) is 6.09. The van der Waals surface area contributed by atoms with Gasteiger partial charge in [-0.3, -0.25) is 14.9 Å². The number of methoxy groups -OCH3 is 1. The molecule has 2 N–H and O–H groups in total. The Labute approximate surface area is 403 Å². The van der Waals surface area contributed by atoms with E-state index in [1.165, 1.54) is 12.1 Å². The molecule has 1 aliphatic heterocycles. The molecule has 13 nitrogen and oxygen atoms in total. The number of benzene rings is 5. The lowest BCUT2D eigenvalue weighted by molar-refractivity contribution is -0.384. The Bertz CT molecular complexity index is 2620. The van der Waals surface area contributed by atoms with Gasteiger partial charge in [-0.25, -0.2) is 0 Å². The molecule has 1 heterocycles. The van der Waals surface area contributed by atoms with Gasteiger partial charge in [0, 0.05) is 50.3 Å². The van der Waals surface area contributed by atoms with E-state index in [-0.39, 0.29) is 68.6 Å². The Morgan fingerprint density at radius 1 is 0.870 bits per heavy atom. The Hall–Kier alpha value is -6.80. The second kappa shape index (κ2) is 22.5. The fraction of sp³-hybridized carbons (Fsp3) is 0.357. The van der Waals surface area contributed by atoms with Crippen LogP contribution in [0.1, 0.15) is 67.6 Å². The second-order valence-corrected chi connectivity index (χ2v) is 18.0. The number of likely N-dealkylation sites (N-methyl/N-ethyl adjacent to an activating group) is 1. The van der Waals surface area contributed by atoms with Gasteiger partial charge in [0.15, 0.2) is 0 Å². The van der Waals surface area contributed by atoms with E-state index >= 15 is 0 Å². The first kappa shape index (κ1) is 48.6. The molecule has 2 aliphatic carbocycles. The van der Waals surface area contributed by atoms with Crippen molar-refractivity contribution in [1.29, 1.82) is 0 Å².